The van der Waals surface area contributed by atoms with E-state index in [1.165, 1.54) is 19.2 Å². The quantitative estimate of drug-likeness (QED) is 0.859. The third-order valence-corrected chi connectivity index (χ3v) is 4.16. The number of benzene rings is 1. The minimum atomic E-state index is -4.22. The number of ether oxygens (including phenoxy) is 1. The number of hydrogen-bond acceptors (Lipinski definition) is 2. The van der Waals surface area contributed by atoms with Gasteiger partial charge in [0.05, 0.1) is 18.6 Å². The highest BCUT2D eigenvalue weighted by atomic mass is 19.4. The Labute approximate surface area is 120 Å². The zero-order chi connectivity index (χ0) is 15.7. The summed E-state index contributed by atoms with van der Waals surface area (Å²) in [6, 6.07) is 4.58. The minimum absolute atomic E-state index is 0.000606. The summed E-state index contributed by atoms with van der Waals surface area (Å²) < 4.78 is 56.8. The molecule has 1 aliphatic carbocycles. The summed E-state index contributed by atoms with van der Waals surface area (Å²) in [5.41, 5.74) is -1.02. The molecule has 2 rings (SSSR count). The second-order valence-electron chi connectivity index (χ2n) is 5.65. The van der Waals surface area contributed by atoms with Gasteiger partial charge in [-0.05, 0) is 37.3 Å². The second-order valence-corrected chi connectivity index (χ2v) is 5.65. The largest absolute Gasteiger partial charge is 0.494 e. The monoisotopic (exact) mass is 306 g/mol. The molecular formula is C15H18F4O2. The van der Waals surface area contributed by atoms with E-state index < -0.39 is 23.5 Å². The number of halogens is 4. The Balaban J connectivity index is 2.07. The molecular weight excluding hydrogens is 288 g/mol. The minimum Gasteiger partial charge on any atom is -0.494 e. The normalized spacial score (nSPS) is 26.7. The molecule has 0 radical (unpaired) electrons. The van der Waals surface area contributed by atoms with Crippen molar-refractivity contribution in [1.82, 2.24) is 0 Å². The average molecular weight is 306 g/mol. The predicted octanol–water partition coefficient (Wildman–Crippen LogP) is 3.86. The van der Waals surface area contributed by atoms with Gasteiger partial charge in [0.2, 0.25) is 0 Å². The molecule has 0 heterocycles. The van der Waals surface area contributed by atoms with E-state index in [4.69, 9.17) is 4.74 Å². The molecule has 0 bridgehead atoms. The smallest absolute Gasteiger partial charge is 0.391 e. The summed E-state index contributed by atoms with van der Waals surface area (Å²) in [4.78, 5) is 0. The number of aliphatic hydroxyl groups is 1. The molecule has 0 saturated heterocycles. The number of hydrogen-bond donors (Lipinski definition) is 1. The molecule has 1 aromatic rings. The van der Waals surface area contributed by atoms with Gasteiger partial charge in [-0.3, -0.25) is 0 Å². The Morgan fingerprint density at radius 3 is 2.43 bits per heavy atom. The molecule has 1 N–H and O–H groups in total. The first kappa shape index (κ1) is 16.1. The second kappa shape index (κ2) is 5.83. The van der Waals surface area contributed by atoms with E-state index in [1.807, 2.05) is 0 Å². The van der Waals surface area contributed by atoms with Crippen LogP contribution in [0.1, 0.15) is 31.2 Å². The van der Waals surface area contributed by atoms with Crippen molar-refractivity contribution in [3.05, 3.63) is 29.6 Å². The Bertz CT molecular complexity index is 491. The first-order valence-corrected chi connectivity index (χ1v) is 6.86. The number of methoxy groups -OCH3 is 1. The van der Waals surface area contributed by atoms with Crippen LogP contribution in [0.5, 0.6) is 5.75 Å². The molecule has 118 valence electrons. The zero-order valence-corrected chi connectivity index (χ0v) is 11.7. The van der Waals surface area contributed by atoms with Gasteiger partial charge in [0.1, 0.15) is 0 Å². The molecule has 0 aliphatic heterocycles. The highest BCUT2D eigenvalue weighted by molar-refractivity contribution is 5.32. The molecule has 1 aromatic carbocycles. The van der Waals surface area contributed by atoms with Crippen molar-refractivity contribution in [1.29, 1.82) is 0 Å². The van der Waals surface area contributed by atoms with Crippen LogP contribution in [-0.2, 0) is 6.42 Å². The molecule has 0 amide bonds. The van der Waals surface area contributed by atoms with Gasteiger partial charge in [0, 0.05) is 6.42 Å². The van der Waals surface area contributed by atoms with E-state index in [2.05, 4.69) is 0 Å². The van der Waals surface area contributed by atoms with Crippen LogP contribution in [0.2, 0.25) is 0 Å². The Kier molecular flexibility index (Phi) is 4.46. The van der Waals surface area contributed by atoms with Gasteiger partial charge >= 0.3 is 6.18 Å². The molecule has 21 heavy (non-hydrogen) atoms. The van der Waals surface area contributed by atoms with Crippen molar-refractivity contribution >= 4 is 0 Å². The van der Waals surface area contributed by atoms with Gasteiger partial charge in [-0.15, -0.1) is 0 Å². The summed E-state index contributed by atoms with van der Waals surface area (Å²) in [5.74, 6) is -1.86. The number of rotatable bonds is 3. The maximum absolute atomic E-state index is 14.0. The lowest BCUT2D eigenvalue weighted by Crippen LogP contribution is -2.40. The van der Waals surface area contributed by atoms with Crippen LogP contribution in [0.15, 0.2) is 18.2 Å². The van der Waals surface area contributed by atoms with Crippen molar-refractivity contribution in [2.45, 2.75) is 43.9 Å². The topological polar surface area (TPSA) is 29.5 Å². The zero-order valence-electron chi connectivity index (χ0n) is 11.7. The fourth-order valence-corrected chi connectivity index (χ4v) is 2.86. The summed E-state index contributed by atoms with van der Waals surface area (Å²) in [6.45, 7) is 0. The lowest BCUT2D eigenvalue weighted by Gasteiger charge is -2.36. The van der Waals surface area contributed by atoms with Crippen molar-refractivity contribution in [3.63, 3.8) is 0 Å². The van der Waals surface area contributed by atoms with E-state index in [1.54, 1.807) is 6.07 Å². The summed E-state index contributed by atoms with van der Waals surface area (Å²) >= 11 is 0. The molecule has 2 nitrogen and oxygen atoms in total. The third kappa shape index (κ3) is 3.67. The molecule has 1 aliphatic rings. The Morgan fingerprint density at radius 2 is 1.90 bits per heavy atom. The fourth-order valence-electron chi connectivity index (χ4n) is 2.86. The first-order valence-electron chi connectivity index (χ1n) is 6.86. The van der Waals surface area contributed by atoms with Crippen LogP contribution in [0.4, 0.5) is 17.6 Å². The van der Waals surface area contributed by atoms with Gasteiger partial charge in [-0.25, -0.2) is 4.39 Å². The van der Waals surface area contributed by atoms with Gasteiger partial charge in [0.15, 0.2) is 11.6 Å². The molecule has 0 unspecified atom stereocenters. The highest BCUT2D eigenvalue weighted by Gasteiger charge is 2.45. The molecule has 0 aromatic heterocycles. The highest BCUT2D eigenvalue weighted by Crippen LogP contribution is 2.42. The lowest BCUT2D eigenvalue weighted by atomic mass is 9.75. The molecule has 6 heteroatoms. The van der Waals surface area contributed by atoms with Crippen molar-refractivity contribution in [2.24, 2.45) is 5.92 Å². The summed E-state index contributed by atoms with van der Waals surface area (Å²) in [5, 5.41) is 10.4. The average Bonchev–Trinajstić information content (AvgIpc) is 2.40. The SMILES string of the molecule is COc1cccc(CC2(O)CCC(C(F)(F)F)CC2)c1F. The van der Waals surface area contributed by atoms with Crippen LogP contribution in [0, 0.1) is 11.7 Å². The van der Waals surface area contributed by atoms with Crippen molar-refractivity contribution in [2.75, 3.05) is 7.11 Å². The van der Waals surface area contributed by atoms with Gasteiger partial charge < -0.3 is 9.84 Å². The van der Waals surface area contributed by atoms with Crippen molar-refractivity contribution in [3.8, 4) is 5.75 Å². The first-order chi connectivity index (χ1) is 9.75. The van der Waals surface area contributed by atoms with E-state index in [0.717, 1.165) is 0 Å². The predicted molar refractivity (Wildman–Crippen MR) is 69.6 cm³/mol. The van der Waals surface area contributed by atoms with E-state index in [9.17, 15) is 22.7 Å². The summed E-state index contributed by atoms with van der Waals surface area (Å²) in [7, 11) is 1.34. The van der Waals surface area contributed by atoms with E-state index >= 15 is 0 Å². The van der Waals surface area contributed by atoms with Gasteiger partial charge in [0.25, 0.3) is 0 Å². The molecule has 0 spiro atoms. The maximum atomic E-state index is 14.0. The van der Waals surface area contributed by atoms with E-state index in [-0.39, 0.29) is 43.4 Å². The standard InChI is InChI=1S/C15H18F4O2/c1-21-12-4-2-3-10(13(12)16)9-14(20)7-5-11(6-8-14)15(17,18)19/h2-4,11,20H,5-9H2,1H3. The third-order valence-electron chi connectivity index (χ3n) is 4.16. The fraction of sp³-hybridized carbons (Fsp3) is 0.600. The van der Waals surface area contributed by atoms with Crippen LogP contribution in [0.25, 0.3) is 0 Å². The van der Waals surface area contributed by atoms with Crippen LogP contribution in [0.3, 0.4) is 0 Å². The maximum Gasteiger partial charge on any atom is 0.391 e. The summed E-state index contributed by atoms with van der Waals surface area (Å²) in [6.07, 6.45) is -4.41. The van der Waals surface area contributed by atoms with Gasteiger partial charge in [-0.2, -0.15) is 13.2 Å². The molecule has 0 atom stereocenters. The molecule has 1 saturated carbocycles. The molecule has 1 fully saturated rings. The van der Waals surface area contributed by atoms with Crippen LogP contribution < -0.4 is 4.74 Å². The number of alkyl halides is 3. The van der Waals surface area contributed by atoms with Crippen LogP contribution >= 0.6 is 0 Å². The van der Waals surface area contributed by atoms with Gasteiger partial charge in [-0.1, -0.05) is 12.1 Å². The Morgan fingerprint density at radius 1 is 1.29 bits per heavy atom. The lowest BCUT2D eigenvalue weighted by molar-refractivity contribution is -0.192. The van der Waals surface area contributed by atoms with Crippen LogP contribution in [-0.4, -0.2) is 24.0 Å². The Hall–Kier alpha value is -1.30. The van der Waals surface area contributed by atoms with Crippen molar-refractivity contribution < 1.29 is 27.4 Å². The van der Waals surface area contributed by atoms with E-state index in [0.29, 0.717) is 0 Å².